The highest BCUT2D eigenvalue weighted by Gasteiger charge is 2.42. The molecule has 2 atom stereocenters. The van der Waals surface area contributed by atoms with Gasteiger partial charge in [0.1, 0.15) is 0 Å². The first kappa shape index (κ1) is 54.2. The molecule has 72 heavy (non-hydrogen) atoms. The zero-order chi connectivity index (χ0) is 52.3. The summed E-state index contributed by atoms with van der Waals surface area (Å²) in [5, 5.41) is 11.2. The predicted octanol–water partition coefficient (Wildman–Crippen LogP) is 11.7. The zero-order valence-corrected chi connectivity index (χ0v) is 46.7. The van der Waals surface area contributed by atoms with Crippen molar-refractivity contribution in [2.24, 2.45) is 0 Å². The van der Waals surface area contributed by atoms with Crippen LogP contribution in [0.2, 0.25) is 36.3 Å². The van der Waals surface area contributed by atoms with Gasteiger partial charge in [-0.3, -0.25) is 14.5 Å². The van der Waals surface area contributed by atoms with E-state index < -0.39 is 22.7 Å². The molecular weight excluding hydrogens is 945 g/mol. The van der Waals surface area contributed by atoms with Crippen LogP contribution in [-0.2, 0) is 8.85 Å². The first-order chi connectivity index (χ1) is 34.0. The summed E-state index contributed by atoms with van der Waals surface area (Å²) in [6, 6.07) is 22.4. The number of nitrogens with two attached hydrogens (primary N) is 1. The van der Waals surface area contributed by atoms with E-state index in [4.69, 9.17) is 33.5 Å². The van der Waals surface area contributed by atoms with E-state index in [2.05, 4.69) is 79.9 Å². The number of carbonyl (C=O) groups excluding carboxylic acids is 2. The van der Waals surface area contributed by atoms with Crippen LogP contribution in [0.1, 0.15) is 111 Å². The van der Waals surface area contributed by atoms with Crippen molar-refractivity contribution in [2.75, 3.05) is 70.9 Å². The van der Waals surface area contributed by atoms with Gasteiger partial charge in [-0.05, 0) is 96.3 Å². The monoisotopic (exact) mass is 1020 g/mol. The van der Waals surface area contributed by atoms with E-state index in [0.717, 1.165) is 47.9 Å². The third kappa shape index (κ3) is 11.5. The highest BCUT2D eigenvalue weighted by molar-refractivity contribution is 6.74. The molecule has 2 fully saturated rings. The Labute approximate surface area is 429 Å². The van der Waals surface area contributed by atoms with Crippen LogP contribution in [0.5, 0.6) is 23.0 Å². The number of fused-ring (bicyclic) bond motifs is 3. The average Bonchev–Trinajstić information content (AvgIpc) is 4.09. The summed E-state index contributed by atoms with van der Waals surface area (Å²) in [5.41, 5.74) is 11.8. The number of ether oxygens (including phenoxy) is 4. The Morgan fingerprint density at radius 3 is 1.57 bits per heavy atom. The second-order valence-corrected chi connectivity index (χ2v) is 32.1. The number of methoxy groups -OCH3 is 2. The molecule has 0 spiro atoms. The summed E-state index contributed by atoms with van der Waals surface area (Å²) in [6.07, 6.45) is 2.54. The number of carboxylic acid groups (broad SMARTS) is 1. The number of amides is 3. The number of nitrogen functional groups attached to an aromatic ring is 1. The van der Waals surface area contributed by atoms with E-state index in [9.17, 15) is 19.5 Å². The summed E-state index contributed by atoms with van der Waals surface area (Å²) < 4.78 is 37.4. The molecule has 4 aromatic rings. The van der Waals surface area contributed by atoms with Gasteiger partial charge in [-0.2, -0.15) is 0 Å². The lowest BCUT2D eigenvalue weighted by atomic mass is 9.95. The summed E-state index contributed by atoms with van der Waals surface area (Å²) in [7, 11) is -1.11. The fourth-order valence-corrected chi connectivity index (χ4v) is 11.6. The van der Waals surface area contributed by atoms with E-state index in [1.54, 1.807) is 24.3 Å². The summed E-state index contributed by atoms with van der Waals surface area (Å²) in [4.78, 5) is 47.6. The lowest BCUT2D eigenvalue weighted by Gasteiger charge is -2.38. The van der Waals surface area contributed by atoms with Crippen molar-refractivity contribution in [2.45, 2.75) is 128 Å². The lowest BCUT2D eigenvalue weighted by Crippen LogP contribution is -2.46. The lowest BCUT2D eigenvalue weighted by molar-refractivity contribution is 0.0678. The van der Waals surface area contributed by atoms with Crippen LogP contribution in [-0.4, -0.2) is 122 Å². The van der Waals surface area contributed by atoms with Crippen LogP contribution >= 0.6 is 0 Å². The minimum absolute atomic E-state index is 0.00452. The van der Waals surface area contributed by atoms with E-state index in [1.807, 2.05) is 46.2 Å². The van der Waals surface area contributed by atoms with Crippen molar-refractivity contribution in [3.8, 4) is 34.1 Å². The quantitative estimate of drug-likeness (QED) is 0.0522. The van der Waals surface area contributed by atoms with E-state index >= 15 is 0 Å². The van der Waals surface area contributed by atoms with Gasteiger partial charge in [0.2, 0.25) is 0 Å². The fourth-order valence-electron chi connectivity index (χ4n) is 9.50. The Morgan fingerprint density at radius 2 is 1.11 bits per heavy atom. The molecule has 3 aliphatic rings. The van der Waals surface area contributed by atoms with Gasteiger partial charge in [0.05, 0.1) is 69.5 Å². The molecule has 0 aromatic heterocycles. The molecule has 16 heteroatoms. The molecule has 0 unspecified atom stereocenters. The fraction of sp³-hybridized carbons (Fsp3) is 0.518. The second-order valence-electron chi connectivity index (χ2n) is 22.5. The van der Waals surface area contributed by atoms with Gasteiger partial charge in [0.15, 0.2) is 39.6 Å². The maximum Gasteiger partial charge on any atom is 0.411 e. The molecule has 3 amide bonds. The summed E-state index contributed by atoms with van der Waals surface area (Å²) >= 11 is 0. The van der Waals surface area contributed by atoms with E-state index in [0.29, 0.717) is 55.5 Å². The number of hydrogen-bond acceptors (Lipinski definition) is 10. The smallest absolute Gasteiger partial charge is 0.411 e. The standard InChI is InChI=1S/C56H78N4O10Si2/c1-55(2,3)71(9,10)69-35-37-20-17-26-58(37)52(61)43-30-48(65-7)50(32-46(43)57)67-28-19-29-68-51-33-47(60(54(63)64)34-45-41-24-15-13-22-39(41)40-23-14-16-25-42(40)45)44(31-49(51)66-8)53(62)59-27-18-21-38(59)36-70-72(11,12)56(4,5)6/h13-16,22-25,30-33,37-38,45H,17-21,26-29,34-36,57H2,1-12H3,(H,63,64)/t37-,38-/m0/s1. The van der Waals surface area contributed by atoms with Crippen molar-refractivity contribution in [1.82, 2.24) is 9.80 Å². The summed E-state index contributed by atoms with van der Waals surface area (Å²) in [6.45, 7) is 24.5. The Morgan fingerprint density at radius 1 is 0.667 bits per heavy atom. The normalized spacial score (nSPS) is 17.2. The molecule has 4 aromatic carbocycles. The number of likely N-dealkylation sites (tertiary alicyclic amines) is 2. The maximum absolute atomic E-state index is 15.0. The minimum Gasteiger partial charge on any atom is -0.493 e. The first-order valence-electron chi connectivity index (χ1n) is 25.5. The summed E-state index contributed by atoms with van der Waals surface area (Å²) in [5.74, 6) is 0.584. The average molecular weight is 1020 g/mol. The predicted molar refractivity (Wildman–Crippen MR) is 290 cm³/mol. The van der Waals surface area contributed by atoms with Crippen LogP contribution in [0.15, 0.2) is 72.8 Å². The van der Waals surface area contributed by atoms with Crippen LogP contribution in [0.3, 0.4) is 0 Å². The largest absolute Gasteiger partial charge is 0.493 e. The number of anilines is 2. The SMILES string of the molecule is COc1cc(C(=O)N2CCC[C@H]2CO[Si](C)(C)C(C)(C)C)c(N)cc1OCCCOc1cc(N(CC2c3ccccc3-c3ccccc32)C(=O)O)c(C(=O)N2CCC[C@H]2CO[Si](C)(C)C(C)(C)C)cc1OC. The van der Waals surface area contributed by atoms with Crippen molar-refractivity contribution in [3.63, 3.8) is 0 Å². The van der Waals surface area contributed by atoms with Gasteiger partial charge in [-0.1, -0.05) is 90.1 Å². The number of nitrogens with zero attached hydrogens (tertiary/aromatic N) is 3. The molecule has 7 rings (SSSR count). The Balaban J connectivity index is 1.10. The van der Waals surface area contributed by atoms with Crippen molar-refractivity contribution in [3.05, 3.63) is 95.1 Å². The highest BCUT2D eigenvalue weighted by Crippen LogP contribution is 2.47. The number of hydrogen-bond donors (Lipinski definition) is 2. The Hall–Kier alpha value is -5.56. The number of carbonyl (C=O) groups is 3. The molecule has 0 saturated carbocycles. The molecule has 0 radical (unpaired) electrons. The van der Waals surface area contributed by atoms with Crippen molar-refractivity contribution < 1.29 is 47.3 Å². The molecule has 0 bridgehead atoms. The van der Waals surface area contributed by atoms with E-state index in [-0.39, 0.29) is 82.3 Å². The number of rotatable bonds is 19. The molecule has 2 heterocycles. The molecule has 14 nitrogen and oxygen atoms in total. The van der Waals surface area contributed by atoms with Crippen LogP contribution < -0.4 is 29.6 Å². The van der Waals surface area contributed by atoms with Gasteiger partial charge in [-0.25, -0.2) is 4.79 Å². The molecule has 3 N–H and O–H groups in total. The number of benzene rings is 4. The van der Waals surface area contributed by atoms with Crippen molar-refractivity contribution >= 4 is 45.9 Å². The van der Waals surface area contributed by atoms with Gasteiger partial charge >= 0.3 is 6.09 Å². The van der Waals surface area contributed by atoms with Crippen LogP contribution in [0, 0.1) is 0 Å². The van der Waals surface area contributed by atoms with Gasteiger partial charge < -0.3 is 48.4 Å². The van der Waals surface area contributed by atoms with Gasteiger partial charge in [-0.15, -0.1) is 0 Å². The van der Waals surface area contributed by atoms with Crippen molar-refractivity contribution in [1.29, 1.82) is 0 Å². The molecule has 390 valence electrons. The molecule has 2 saturated heterocycles. The molecule has 1 aliphatic carbocycles. The minimum atomic E-state index is -2.13. The zero-order valence-electron chi connectivity index (χ0n) is 44.7. The van der Waals surface area contributed by atoms with E-state index in [1.165, 1.54) is 19.1 Å². The first-order valence-corrected chi connectivity index (χ1v) is 31.3. The Kier molecular flexibility index (Phi) is 16.5. The molecule has 2 aliphatic heterocycles. The maximum atomic E-state index is 15.0. The van der Waals surface area contributed by atoms with Gasteiger partial charge in [0, 0.05) is 49.8 Å². The highest BCUT2D eigenvalue weighted by atomic mass is 28.4. The van der Waals surface area contributed by atoms with Gasteiger partial charge in [0.25, 0.3) is 11.8 Å². The topological polar surface area (TPSA) is 163 Å². The third-order valence-electron chi connectivity index (χ3n) is 15.9. The Bertz CT molecular complexity index is 2560. The molecular formula is C56H78N4O10Si2. The second kappa shape index (κ2) is 21.9. The van der Waals surface area contributed by atoms with Crippen LogP contribution in [0.25, 0.3) is 11.1 Å². The van der Waals surface area contributed by atoms with Crippen LogP contribution in [0.4, 0.5) is 16.2 Å². The third-order valence-corrected chi connectivity index (χ3v) is 24.9.